The van der Waals surface area contributed by atoms with Crippen LogP contribution >= 0.6 is 0 Å². The van der Waals surface area contributed by atoms with E-state index in [-0.39, 0.29) is 0 Å². The molecule has 1 aliphatic carbocycles. The van der Waals surface area contributed by atoms with Crippen molar-refractivity contribution < 1.29 is 0 Å². The van der Waals surface area contributed by atoms with Crippen molar-refractivity contribution in [3.63, 3.8) is 0 Å². The van der Waals surface area contributed by atoms with Gasteiger partial charge >= 0.3 is 0 Å². The van der Waals surface area contributed by atoms with Crippen molar-refractivity contribution >= 4 is 0 Å². The standard InChI is InChI=1S/C19H31N/c1-3-9-16-10-8-13-18(15-16)19(20-14-4-2)17-11-6-5-7-12-17/h8,10,13,15,17,19-20H,3-7,9,11-12,14H2,1-2H3. The molecular formula is C19H31N. The average Bonchev–Trinajstić information content (AvgIpc) is 2.50. The molecule has 0 spiro atoms. The Morgan fingerprint density at radius 2 is 1.90 bits per heavy atom. The van der Waals surface area contributed by atoms with Crippen molar-refractivity contribution in [2.45, 2.75) is 71.3 Å². The van der Waals surface area contributed by atoms with Crippen molar-refractivity contribution in [3.8, 4) is 0 Å². The molecule has 112 valence electrons. The summed E-state index contributed by atoms with van der Waals surface area (Å²) in [5.41, 5.74) is 3.03. The Morgan fingerprint density at radius 1 is 1.10 bits per heavy atom. The van der Waals surface area contributed by atoms with Gasteiger partial charge in [-0.05, 0) is 49.3 Å². The molecule has 0 saturated heterocycles. The van der Waals surface area contributed by atoms with E-state index in [0.717, 1.165) is 12.5 Å². The third kappa shape index (κ3) is 4.34. The van der Waals surface area contributed by atoms with Gasteiger partial charge in [-0.1, -0.05) is 63.8 Å². The highest BCUT2D eigenvalue weighted by molar-refractivity contribution is 5.27. The highest BCUT2D eigenvalue weighted by Crippen LogP contribution is 2.34. The minimum atomic E-state index is 0.576. The maximum atomic E-state index is 3.82. The van der Waals surface area contributed by atoms with Gasteiger partial charge in [0.1, 0.15) is 0 Å². The average molecular weight is 273 g/mol. The summed E-state index contributed by atoms with van der Waals surface area (Å²) < 4.78 is 0. The highest BCUT2D eigenvalue weighted by Gasteiger charge is 2.24. The lowest BCUT2D eigenvalue weighted by atomic mass is 9.80. The zero-order valence-corrected chi connectivity index (χ0v) is 13.3. The fraction of sp³-hybridized carbons (Fsp3) is 0.684. The van der Waals surface area contributed by atoms with Crippen LogP contribution < -0.4 is 5.32 Å². The maximum absolute atomic E-state index is 3.82. The maximum Gasteiger partial charge on any atom is 0.0348 e. The van der Waals surface area contributed by atoms with Gasteiger partial charge in [-0.15, -0.1) is 0 Å². The molecule has 1 nitrogen and oxygen atoms in total. The Morgan fingerprint density at radius 3 is 2.60 bits per heavy atom. The molecule has 1 heteroatoms. The number of nitrogens with one attached hydrogen (secondary N) is 1. The molecule has 1 aromatic carbocycles. The first kappa shape index (κ1) is 15.6. The molecule has 0 aromatic heterocycles. The first-order chi connectivity index (χ1) is 9.85. The van der Waals surface area contributed by atoms with Gasteiger partial charge in [0, 0.05) is 6.04 Å². The molecule has 1 unspecified atom stereocenters. The van der Waals surface area contributed by atoms with Gasteiger partial charge in [0.2, 0.25) is 0 Å². The third-order valence-corrected chi connectivity index (χ3v) is 4.58. The molecule has 0 amide bonds. The van der Waals surface area contributed by atoms with Crippen LogP contribution in [0, 0.1) is 5.92 Å². The monoisotopic (exact) mass is 273 g/mol. The van der Waals surface area contributed by atoms with Crippen LogP contribution in [0.3, 0.4) is 0 Å². The minimum Gasteiger partial charge on any atom is -0.310 e. The normalized spacial score (nSPS) is 18.1. The quantitative estimate of drug-likeness (QED) is 0.714. The summed E-state index contributed by atoms with van der Waals surface area (Å²) in [6.07, 6.45) is 10.7. The predicted molar refractivity (Wildman–Crippen MR) is 88.0 cm³/mol. The van der Waals surface area contributed by atoms with E-state index < -0.39 is 0 Å². The minimum absolute atomic E-state index is 0.576. The van der Waals surface area contributed by atoms with Crippen molar-refractivity contribution in [1.82, 2.24) is 5.32 Å². The zero-order valence-electron chi connectivity index (χ0n) is 13.3. The molecule has 1 saturated carbocycles. The molecule has 0 bridgehead atoms. The van der Waals surface area contributed by atoms with E-state index in [2.05, 4.69) is 43.4 Å². The van der Waals surface area contributed by atoms with E-state index >= 15 is 0 Å². The molecule has 1 N–H and O–H groups in total. The van der Waals surface area contributed by atoms with Crippen LogP contribution in [0.15, 0.2) is 24.3 Å². The van der Waals surface area contributed by atoms with Gasteiger partial charge in [-0.25, -0.2) is 0 Å². The molecule has 2 rings (SSSR count). The molecule has 1 fully saturated rings. The summed E-state index contributed by atoms with van der Waals surface area (Å²) in [4.78, 5) is 0. The number of benzene rings is 1. The van der Waals surface area contributed by atoms with Gasteiger partial charge < -0.3 is 5.32 Å². The van der Waals surface area contributed by atoms with E-state index in [1.54, 1.807) is 0 Å². The smallest absolute Gasteiger partial charge is 0.0348 e. The fourth-order valence-corrected chi connectivity index (χ4v) is 3.55. The molecule has 20 heavy (non-hydrogen) atoms. The summed E-state index contributed by atoms with van der Waals surface area (Å²) in [5, 5.41) is 3.82. The number of hydrogen-bond donors (Lipinski definition) is 1. The van der Waals surface area contributed by atoms with E-state index in [1.165, 1.54) is 62.5 Å². The second kappa shape index (κ2) is 8.46. The number of rotatable bonds is 7. The molecular weight excluding hydrogens is 242 g/mol. The molecule has 1 aromatic rings. The van der Waals surface area contributed by atoms with E-state index in [1.807, 2.05) is 0 Å². The Balaban J connectivity index is 2.13. The lowest BCUT2D eigenvalue weighted by Gasteiger charge is -2.31. The summed E-state index contributed by atoms with van der Waals surface area (Å²) in [6, 6.07) is 9.90. The van der Waals surface area contributed by atoms with Gasteiger partial charge in [0.25, 0.3) is 0 Å². The van der Waals surface area contributed by atoms with Crippen LogP contribution in [0.5, 0.6) is 0 Å². The Labute approximate surface area is 125 Å². The summed E-state index contributed by atoms with van der Waals surface area (Å²) in [6.45, 7) is 5.66. The van der Waals surface area contributed by atoms with E-state index in [0.29, 0.717) is 6.04 Å². The van der Waals surface area contributed by atoms with Crippen LogP contribution in [0.25, 0.3) is 0 Å². The van der Waals surface area contributed by atoms with Crippen molar-refractivity contribution in [3.05, 3.63) is 35.4 Å². The van der Waals surface area contributed by atoms with Gasteiger partial charge in [-0.2, -0.15) is 0 Å². The number of aryl methyl sites for hydroxylation is 1. The van der Waals surface area contributed by atoms with Crippen molar-refractivity contribution in [1.29, 1.82) is 0 Å². The summed E-state index contributed by atoms with van der Waals surface area (Å²) >= 11 is 0. The summed E-state index contributed by atoms with van der Waals surface area (Å²) in [7, 11) is 0. The molecule has 1 atom stereocenters. The highest BCUT2D eigenvalue weighted by atomic mass is 14.9. The van der Waals surface area contributed by atoms with Crippen LogP contribution in [-0.2, 0) is 6.42 Å². The van der Waals surface area contributed by atoms with Gasteiger partial charge in [0.15, 0.2) is 0 Å². The Hall–Kier alpha value is -0.820. The topological polar surface area (TPSA) is 12.0 Å². The first-order valence-electron chi connectivity index (χ1n) is 8.67. The summed E-state index contributed by atoms with van der Waals surface area (Å²) in [5.74, 6) is 0.840. The van der Waals surface area contributed by atoms with E-state index in [9.17, 15) is 0 Å². The second-order valence-corrected chi connectivity index (χ2v) is 6.32. The van der Waals surface area contributed by atoms with Crippen LogP contribution in [-0.4, -0.2) is 6.54 Å². The van der Waals surface area contributed by atoms with Crippen LogP contribution in [0.4, 0.5) is 0 Å². The largest absolute Gasteiger partial charge is 0.310 e. The Kier molecular flexibility index (Phi) is 6.59. The predicted octanol–water partition coefficient (Wildman–Crippen LogP) is 5.26. The van der Waals surface area contributed by atoms with E-state index in [4.69, 9.17) is 0 Å². The second-order valence-electron chi connectivity index (χ2n) is 6.32. The zero-order chi connectivity index (χ0) is 14.2. The van der Waals surface area contributed by atoms with Gasteiger partial charge in [0.05, 0.1) is 0 Å². The SMILES string of the molecule is CCCNC(c1cccc(CCC)c1)C1CCCCC1. The number of hydrogen-bond acceptors (Lipinski definition) is 1. The lowest BCUT2D eigenvalue weighted by Crippen LogP contribution is -2.30. The van der Waals surface area contributed by atoms with Crippen molar-refractivity contribution in [2.24, 2.45) is 5.92 Å². The fourth-order valence-electron chi connectivity index (χ4n) is 3.55. The molecule has 0 radical (unpaired) electrons. The Bertz CT molecular complexity index is 379. The third-order valence-electron chi connectivity index (χ3n) is 4.58. The molecule has 0 aliphatic heterocycles. The molecule has 1 aliphatic rings. The molecule has 0 heterocycles. The van der Waals surface area contributed by atoms with Crippen LogP contribution in [0.2, 0.25) is 0 Å². The van der Waals surface area contributed by atoms with Crippen molar-refractivity contribution in [2.75, 3.05) is 6.54 Å². The van der Waals surface area contributed by atoms with Crippen LogP contribution in [0.1, 0.15) is 76.0 Å². The lowest BCUT2D eigenvalue weighted by molar-refractivity contribution is 0.272. The first-order valence-corrected chi connectivity index (χ1v) is 8.67. The van der Waals surface area contributed by atoms with Gasteiger partial charge in [-0.3, -0.25) is 0 Å².